The fraction of sp³-hybridized carbons (Fsp3) is 0.600. The summed E-state index contributed by atoms with van der Waals surface area (Å²) >= 11 is 0. The molecule has 3 atom stereocenters. The number of hydrogen-bond acceptors (Lipinski definition) is 3. The summed E-state index contributed by atoms with van der Waals surface area (Å²) in [4.78, 5) is 26.6. The van der Waals surface area contributed by atoms with Gasteiger partial charge in [0.25, 0.3) is 0 Å². The van der Waals surface area contributed by atoms with Gasteiger partial charge < -0.3 is 15.3 Å². The summed E-state index contributed by atoms with van der Waals surface area (Å²) in [5, 5.41) is 12.8. The predicted octanol–water partition coefficient (Wildman–Crippen LogP) is 2.19. The molecule has 5 nitrogen and oxygen atoms in total. The van der Waals surface area contributed by atoms with Gasteiger partial charge in [-0.1, -0.05) is 37.6 Å². The van der Waals surface area contributed by atoms with Gasteiger partial charge in [-0.05, 0) is 30.4 Å². The van der Waals surface area contributed by atoms with Crippen molar-refractivity contribution in [2.45, 2.75) is 58.0 Å². The van der Waals surface area contributed by atoms with E-state index in [0.29, 0.717) is 6.54 Å². The Bertz CT molecular complexity index is 660. The molecule has 0 aromatic heterocycles. The predicted molar refractivity (Wildman–Crippen MR) is 95.9 cm³/mol. The minimum Gasteiger partial charge on any atom is -0.396 e. The molecule has 2 amide bonds. The lowest BCUT2D eigenvalue weighted by Gasteiger charge is -2.37. The number of hydrogen-bond donors (Lipinski definition) is 2. The van der Waals surface area contributed by atoms with Crippen molar-refractivity contribution < 1.29 is 14.7 Å². The summed E-state index contributed by atoms with van der Waals surface area (Å²) in [5.41, 5.74) is 2.06. The highest BCUT2D eigenvalue weighted by molar-refractivity contribution is 5.80. The van der Waals surface area contributed by atoms with Crippen LogP contribution in [0.2, 0.25) is 0 Å². The van der Waals surface area contributed by atoms with Crippen molar-refractivity contribution in [1.82, 2.24) is 10.2 Å². The molecule has 3 unspecified atom stereocenters. The molecule has 1 fully saturated rings. The number of benzene rings is 1. The first-order chi connectivity index (χ1) is 11.9. The SMILES string of the molecule is CC(=O)N1CCc2ccccc2C1CC(=O)NC1CCCC1(C)CO. The van der Waals surface area contributed by atoms with Crippen LogP contribution in [-0.4, -0.2) is 41.0 Å². The Balaban J connectivity index is 1.75. The maximum atomic E-state index is 12.7. The fourth-order valence-corrected chi connectivity index (χ4v) is 4.35. The van der Waals surface area contributed by atoms with Crippen LogP contribution in [0, 0.1) is 5.41 Å². The average molecular weight is 344 g/mol. The van der Waals surface area contributed by atoms with Gasteiger partial charge in [0.2, 0.25) is 11.8 Å². The molecule has 0 saturated heterocycles. The van der Waals surface area contributed by atoms with Gasteiger partial charge in [-0.25, -0.2) is 0 Å². The Morgan fingerprint density at radius 2 is 2.12 bits per heavy atom. The molecular formula is C20H28N2O3. The van der Waals surface area contributed by atoms with Gasteiger partial charge in [0, 0.05) is 24.9 Å². The number of carbonyl (C=O) groups is 2. The zero-order valence-corrected chi connectivity index (χ0v) is 15.1. The standard InChI is InChI=1S/C20H28N2O3/c1-14(24)22-11-9-15-6-3-4-7-16(15)17(22)12-19(25)21-18-8-5-10-20(18,2)13-23/h3-4,6-7,17-18,23H,5,8-13H2,1-2H3,(H,21,25). The van der Waals surface area contributed by atoms with E-state index in [-0.39, 0.29) is 42.3 Å². The van der Waals surface area contributed by atoms with Gasteiger partial charge in [0.1, 0.15) is 0 Å². The summed E-state index contributed by atoms with van der Waals surface area (Å²) < 4.78 is 0. The molecule has 1 aliphatic heterocycles. The van der Waals surface area contributed by atoms with Gasteiger partial charge in [-0.3, -0.25) is 9.59 Å². The van der Waals surface area contributed by atoms with Crippen molar-refractivity contribution in [2.75, 3.05) is 13.2 Å². The van der Waals surface area contributed by atoms with E-state index in [1.165, 1.54) is 5.56 Å². The van der Waals surface area contributed by atoms with E-state index in [1.54, 1.807) is 6.92 Å². The second kappa shape index (κ2) is 7.16. The molecule has 1 aromatic carbocycles. The van der Waals surface area contributed by atoms with E-state index >= 15 is 0 Å². The number of amides is 2. The number of carbonyl (C=O) groups excluding carboxylic acids is 2. The van der Waals surface area contributed by atoms with Crippen molar-refractivity contribution in [3.8, 4) is 0 Å². The van der Waals surface area contributed by atoms with Gasteiger partial charge in [-0.15, -0.1) is 0 Å². The van der Waals surface area contributed by atoms with Crippen LogP contribution in [0.1, 0.15) is 56.7 Å². The van der Waals surface area contributed by atoms with Gasteiger partial charge >= 0.3 is 0 Å². The molecule has 1 saturated carbocycles. The highest BCUT2D eigenvalue weighted by Crippen LogP contribution is 2.38. The third kappa shape index (κ3) is 3.56. The monoisotopic (exact) mass is 344 g/mol. The number of nitrogens with one attached hydrogen (secondary N) is 1. The minimum absolute atomic E-state index is 0.00775. The van der Waals surface area contributed by atoms with Gasteiger partial charge in [0.15, 0.2) is 0 Å². The van der Waals surface area contributed by atoms with E-state index < -0.39 is 0 Å². The highest BCUT2D eigenvalue weighted by Gasteiger charge is 2.40. The van der Waals surface area contributed by atoms with Crippen LogP contribution in [0.4, 0.5) is 0 Å². The maximum absolute atomic E-state index is 12.7. The summed E-state index contributed by atoms with van der Waals surface area (Å²) in [6, 6.07) is 7.88. The fourth-order valence-electron chi connectivity index (χ4n) is 4.35. The Labute approximate surface area is 149 Å². The molecule has 1 aromatic rings. The van der Waals surface area contributed by atoms with Crippen molar-refractivity contribution in [1.29, 1.82) is 0 Å². The molecule has 0 spiro atoms. The third-order valence-electron chi connectivity index (χ3n) is 5.97. The van der Waals surface area contributed by atoms with E-state index in [0.717, 1.165) is 31.2 Å². The Kier molecular flexibility index (Phi) is 5.13. The van der Waals surface area contributed by atoms with Crippen LogP contribution >= 0.6 is 0 Å². The normalized spacial score (nSPS) is 28.5. The first-order valence-electron chi connectivity index (χ1n) is 9.20. The molecule has 3 rings (SSSR count). The Morgan fingerprint density at radius 3 is 2.84 bits per heavy atom. The van der Waals surface area contributed by atoms with Crippen molar-refractivity contribution in [3.63, 3.8) is 0 Å². The number of nitrogens with zero attached hydrogens (tertiary/aromatic N) is 1. The Morgan fingerprint density at radius 1 is 1.36 bits per heavy atom. The molecule has 1 aliphatic carbocycles. The quantitative estimate of drug-likeness (QED) is 0.880. The molecule has 2 aliphatic rings. The molecule has 5 heteroatoms. The largest absolute Gasteiger partial charge is 0.396 e. The van der Waals surface area contributed by atoms with E-state index in [4.69, 9.17) is 0 Å². The van der Waals surface area contributed by atoms with Crippen LogP contribution in [0.3, 0.4) is 0 Å². The van der Waals surface area contributed by atoms with Gasteiger partial charge in [0.05, 0.1) is 19.1 Å². The second-order valence-corrected chi connectivity index (χ2v) is 7.71. The van der Waals surface area contributed by atoms with Crippen LogP contribution in [-0.2, 0) is 16.0 Å². The molecule has 2 N–H and O–H groups in total. The lowest BCUT2D eigenvalue weighted by molar-refractivity contribution is -0.133. The maximum Gasteiger partial charge on any atom is 0.222 e. The van der Waals surface area contributed by atoms with E-state index in [2.05, 4.69) is 11.4 Å². The van der Waals surface area contributed by atoms with Crippen LogP contribution in [0.25, 0.3) is 0 Å². The number of rotatable bonds is 4. The van der Waals surface area contributed by atoms with Crippen LogP contribution < -0.4 is 5.32 Å². The first kappa shape index (κ1) is 17.9. The van der Waals surface area contributed by atoms with Crippen LogP contribution in [0.15, 0.2) is 24.3 Å². The zero-order chi connectivity index (χ0) is 18.0. The average Bonchev–Trinajstić information content (AvgIpc) is 2.96. The third-order valence-corrected chi connectivity index (χ3v) is 5.97. The summed E-state index contributed by atoms with van der Waals surface area (Å²) in [6.07, 6.45) is 3.96. The highest BCUT2D eigenvalue weighted by atomic mass is 16.3. The zero-order valence-electron chi connectivity index (χ0n) is 15.1. The summed E-state index contributed by atoms with van der Waals surface area (Å²) in [5.74, 6) is -0.0344. The molecular weight excluding hydrogens is 316 g/mol. The van der Waals surface area contributed by atoms with Gasteiger partial charge in [-0.2, -0.15) is 0 Å². The molecule has 1 heterocycles. The molecule has 0 bridgehead atoms. The number of aliphatic hydroxyl groups is 1. The molecule has 0 radical (unpaired) electrons. The van der Waals surface area contributed by atoms with E-state index in [1.807, 2.05) is 30.0 Å². The number of aliphatic hydroxyl groups excluding tert-OH is 1. The minimum atomic E-state index is -0.236. The molecule has 25 heavy (non-hydrogen) atoms. The second-order valence-electron chi connectivity index (χ2n) is 7.71. The van der Waals surface area contributed by atoms with E-state index in [9.17, 15) is 14.7 Å². The lowest BCUT2D eigenvalue weighted by atomic mass is 9.85. The van der Waals surface area contributed by atoms with Crippen LogP contribution in [0.5, 0.6) is 0 Å². The van der Waals surface area contributed by atoms with Crippen molar-refractivity contribution >= 4 is 11.8 Å². The smallest absolute Gasteiger partial charge is 0.222 e. The first-order valence-corrected chi connectivity index (χ1v) is 9.20. The Hall–Kier alpha value is -1.88. The van der Waals surface area contributed by atoms with Crippen molar-refractivity contribution in [2.24, 2.45) is 5.41 Å². The number of fused-ring (bicyclic) bond motifs is 1. The summed E-state index contributed by atoms with van der Waals surface area (Å²) in [6.45, 7) is 4.34. The lowest BCUT2D eigenvalue weighted by Crippen LogP contribution is -2.47. The topological polar surface area (TPSA) is 69.6 Å². The molecule has 136 valence electrons. The summed E-state index contributed by atoms with van der Waals surface area (Å²) in [7, 11) is 0. The van der Waals surface area contributed by atoms with Crippen molar-refractivity contribution in [3.05, 3.63) is 35.4 Å².